The van der Waals surface area contributed by atoms with Gasteiger partial charge in [-0.15, -0.1) is 0 Å². The molecule has 0 spiro atoms. The molecule has 4 nitrogen and oxygen atoms in total. The largest absolute Gasteiger partial charge is 0.450 e. The third-order valence-corrected chi connectivity index (χ3v) is 3.64. The Morgan fingerprint density at radius 2 is 2.00 bits per heavy atom. The summed E-state index contributed by atoms with van der Waals surface area (Å²) in [6, 6.07) is 9.66. The summed E-state index contributed by atoms with van der Waals surface area (Å²) in [5.41, 5.74) is 1.06. The van der Waals surface area contributed by atoms with Crippen molar-refractivity contribution in [1.82, 2.24) is 0 Å². The molecule has 1 heterocycles. The first-order valence-electron chi connectivity index (χ1n) is 5.17. The third-order valence-electron chi connectivity index (χ3n) is 2.36. The maximum Gasteiger partial charge on any atom is 0.361 e. The number of rotatable bonds is 3. The quantitative estimate of drug-likeness (QED) is 0.767. The van der Waals surface area contributed by atoms with Crippen LogP contribution in [0.3, 0.4) is 0 Å². The second-order valence-corrected chi connectivity index (χ2v) is 5.13. The SMILES string of the molecule is C[C@@]1(SCc2ccccc2)OC(=O)COC1=O. The Kier molecular flexibility index (Phi) is 3.38. The molecule has 0 aromatic heterocycles. The Morgan fingerprint density at radius 3 is 2.71 bits per heavy atom. The van der Waals surface area contributed by atoms with Crippen molar-refractivity contribution in [3.8, 4) is 0 Å². The van der Waals surface area contributed by atoms with Gasteiger partial charge in [-0.2, -0.15) is 0 Å². The van der Waals surface area contributed by atoms with Crippen molar-refractivity contribution < 1.29 is 19.1 Å². The number of cyclic esters (lactones) is 2. The first-order valence-corrected chi connectivity index (χ1v) is 6.16. The number of hydrogen-bond acceptors (Lipinski definition) is 5. The number of thioether (sulfide) groups is 1. The summed E-state index contributed by atoms with van der Waals surface area (Å²) < 4.78 is 9.82. The van der Waals surface area contributed by atoms with Gasteiger partial charge in [-0.05, 0) is 12.5 Å². The lowest BCUT2D eigenvalue weighted by Crippen LogP contribution is -2.45. The van der Waals surface area contributed by atoms with Gasteiger partial charge in [-0.25, -0.2) is 9.59 Å². The highest BCUT2D eigenvalue weighted by molar-refractivity contribution is 8.00. The van der Waals surface area contributed by atoms with Gasteiger partial charge in [-0.1, -0.05) is 42.1 Å². The highest BCUT2D eigenvalue weighted by Crippen LogP contribution is 2.33. The molecule has 90 valence electrons. The predicted octanol–water partition coefficient (Wildman–Crippen LogP) is 1.74. The first-order chi connectivity index (χ1) is 8.10. The Bertz CT molecular complexity index is 431. The van der Waals surface area contributed by atoms with E-state index in [1.807, 2.05) is 30.3 Å². The number of esters is 2. The molecule has 1 aromatic rings. The summed E-state index contributed by atoms with van der Waals surface area (Å²) in [4.78, 5) is 21.5. The molecule has 2 rings (SSSR count). The van der Waals surface area contributed by atoms with Crippen molar-refractivity contribution in [3.63, 3.8) is 0 Å². The van der Waals surface area contributed by atoms with E-state index < -0.39 is 16.9 Å². The average Bonchev–Trinajstić information content (AvgIpc) is 2.33. The summed E-state index contributed by atoms with van der Waals surface area (Å²) in [7, 11) is 0. The molecule has 1 saturated heterocycles. The van der Waals surface area contributed by atoms with Gasteiger partial charge in [-0.3, -0.25) is 0 Å². The Morgan fingerprint density at radius 1 is 1.29 bits per heavy atom. The van der Waals surface area contributed by atoms with Crippen LogP contribution in [0.15, 0.2) is 30.3 Å². The molecule has 5 heteroatoms. The smallest absolute Gasteiger partial charge is 0.361 e. The lowest BCUT2D eigenvalue weighted by Gasteiger charge is -2.30. The predicted molar refractivity (Wildman–Crippen MR) is 63.2 cm³/mol. The van der Waals surface area contributed by atoms with Gasteiger partial charge in [0.15, 0.2) is 6.61 Å². The maximum atomic E-state index is 11.6. The summed E-state index contributed by atoms with van der Waals surface area (Å²) in [6.07, 6.45) is 0. The average molecular weight is 252 g/mol. The minimum Gasteiger partial charge on any atom is -0.450 e. The highest BCUT2D eigenvalue weighted by atomic mass is 32.2. The molecular weight excluding hydrogens is 240 g/mol. The van der Waals surface area contributed by atoms with Gasteiger partial charge >= 0.3 is 11.9 Å². The van der Waals surface area contributed by atoms with Crippen molar-refractivity contribution in [2.45, 2.75) is 17.6 Å². The van der Waals surface area contributed by atoms with Crippen LogP contribution in [-0.2, 0) is 24.8 Å². The van der Waals surface area contributed by atoms with Crippen molar-refractivity contribution in [3.05, 3.63) is 35.9 Å². The molecule has 17 heavy (non-hydrogen) atoms. The van der Waals surface area contributed by atoms with Crippen LogP contribution in [0, 0.1) is 0 Å². The monoisotopic (exact) mass is 252 g/mol. The van der Waals surface area contributed by atoms with Crippen LogP contribution in [-0.4, -0.2) is 23.5 Å². The molecule has 0 saturated carbocycles. The van der Waals surface area contributed by atoms with Crippen molar-refractivity contribution in [1.29, 1.82) is 0 Å². The molecule has 1 aliphatic rings. The fourth-order valence-electron chi connectivity index (χ4n) is 1.43. The van der Waals surface area contributed by atoms with Crippen LogP contribution >= 0.6 is 11.8 Å². The van der Waals surface area contributed by atoms with Crippen LogP contribution in [0.2, 0.25) is 0 Å². The van der Waals surface area contributed by atoms with Gasteiger partial charge in [0.05, 0.1) is 0 Å². The van der Waals surface area contributed by atoms with Crippen LogP contribution < -0.4 is 0 Å². The molecule has 0 unspecified atom stereocenters. The van der Waals surface area contributed by atoms with Crippen molar-refractivity contribution in [2.75, 3.05) is 6.61 Å². The van der Waals surface area contributed by atoms with E-state index >= 15 is 0 Å². The van der Waals surface area contributed by atoms with Crippen LogP contribution in [0.1, 0.15) is 12.5 Å². The molecule has 0 radical (unpaired) electrons. The van der Waals surface area contributed by atoms with Crippen molar-refractivity contribution >= 4 is 23.7 Å². The van der Waals surface area contributed by atoms with E-state index in [9.17, 15) is 9.59 Å². The first kappa shape index (κ1) is 12.0. The zero-order chi connectivity index (χ0) is 12.3. The summed E-state index contributed by atoms with van der Waals surface area (Å²) in [5, 5.41) is 0. The van der Waals surface area contributed by atoms with E-state index in [-0.39, 0.29) is 6.61 Å². The summed E-state index contributed by atoms with van der Waals surface area (Å²) in [6.45, 7) is 1.26. The highest BCUT2D eigenvalue weighted by Gasteiger charge is 2.43. The van der Waals surface area contributed by atoms with Crippen LogP contribution in [0.25, 0.3) is 0 Å². The Labute approximate surface area is 103 Å². The van der Waals surface area contributed by atoms with E-state index in [0.29, 0.717) is 5.75 Å². The topological polar surface area (TPSA) is 52.6 Å². The van der Waals surface area contributed by atoms with Gasteiger partial charge in [0.1, 0.15) is 0 Å². The van der Waals surface area contributed by atoms with E-state index in [2.05, 4.69) is 0 Å². The molecule has 0 amide bonds. The minimum absolute atomic E-state index is 0.291. The van der Waals surface area contributed by atoms with Gasteiger partial charge in [0.2, 0.25) is 0 Å². The normalized spacial score (nSPS) is 24.1. The minimum atomic E-state index is -1.23. The fourth-order valence-corrected chi connectivity index (χ4v) is 2.39. The molecule has 1 fully saturated rings. The standard InChI is InChI=1S/C12H12O4S/c1-12(11(14)15-7-10(13)16-12)17-8-9-5-3-2-4-6-9/h2-6H,7-8H2,1H3/t12-/m0/s1. The second-order valence-electron chi connectivity index (χ2n) is 3.77. The number of hydrogen-bond donors (Lipinski definition) is 0. The number of carbonyl (C=O) groups excluding carboxylic acids is 2. The zero-order valence-corrected chi connectivity index (χ0v) is 10.2. The van der Waals surface area contributed by atoms with Crippen molar-refractivity contribution in [2.24, 2.45) is 0 Å². The lowest BCUT2D eigenvalue weighted by atomic mass is 10.2. The van der Waals surface area contributed by atoms with Crippen LogP contribution in [0.4, 0.5) is 0 Å². The maximum absolute atomic E-state index is 11.6. The third kappa shape index (κ3) is 2.79. The van der Waals surface area contributed by atoms with Crippen LogP contribution in [0.5, 0.6) is 0 Å². The van der Waals surface area contributed by atoms with Gasteiger partial charge in [0.25, 0.3) is 4.93 Å². The van der Waals surface area contributed by atoms with E-state index in [1.54, 1.807) is 6.92 Å². The molecule has 0 N–H and O–H groups in total. The Balaban J connectivity index is 2.01. The summed E-state index contributed by atoms with van der Waals surface area (Å²) >= 11 is 1.25. The molecular formula is C12H12O4S. The molecule has 1 aliphatic heterocycles. The molecule has 0 aliphatic carbocycles. The second kappa shape index (κ2) is 4.79. The number of carbonyl (C=O) groups is 2. The molecule has 1 atom stereocenters. The van der Waals surface area contributed by atoms with E-state index in [1.165, 1.54) is 11.8 Å². The lowest BCUT2D eigenvalue weighted by molar-refractivity contribution is -0.187. The van der Waals surface area contributed by atoms with Gasteiger partial charge < -0.3 is 9.47 Å². The van der Waals surface area contributed by atoms with E-state index in [0.717, 1.165) is 5.56 Å². The van der Waals surface area contributed by atoms with Gasteiger partial charge in [0, 0.05) is 5.75 Å². The number of ether oxygens (including phenoxy) is 2. The molecule has 1 aromatic carbocycles. The Hall–Kier alpha value is -1.49. The fraction of sp³-hybridized carbons (Fsp3) is 0.333. The molecule has 0 bridgehead atoms. The van der Waals surface area contributed by atoms with E-state index in [4.69, 9.17) is 9.47 Å². The zero-order valence-electron chi connectivity index (χ0n) is 9.34. The number of benzene rings is 1. The summed E-state index contributed by atoms with van der Waals surface area (Å²) in [5.74, 6) is -0.426.